The average molecular weight is 271 g/mol. The van der Waals surface area contributed by atoms with Crippen LogP contribution in [-0.2, 0) is 6.54 Å². The zero-order chi connectivity index (χ0) is 13.9. The lowest BCUT2D eigenvalue weighted by Gasteiger charge is -2.18. The molecule has 0 aliphatic heterocycles. The van der Waals surface area contributed by atoms with Gasteiger partial charge in [-0.1, -0.05) is 24.6 Å². The van der Waals surface area contributed by atoms with Gasteiger partial charge in [0.05, 0.1) is 11.6 Å². The molecule has 1 aliphatic carbocycles. The van der Waals surface area contributed by atoms with Gasteiger partial charge in [-0.25, -0.2) is 4.68 Å². The van der Waals surface area contributed by atoms with Crippen LogP contribution in [0.15, 0.2) is 35.3 Å². The number of rotatable bonds is 4. The van der Waals surface area contributed by atoms with Gasteiger partial charge in [0.1, 0.15) is 0 Å². The Bertz CT molecular complexity index is 649. The minimum Gasteiger partial charge on any atom is -0.317 e. The van der Waals surface area contributed by atoms with Gasteiger partial charge in [0, 0.05) is 18.0 Å². The summed E-state index contributed by atoms with van der Waals surface area (Å²) < 4.78 is 1.62. The van der Waals surface area contributed by atoms with Crippen molar-refractivity contribution in [2.45, 2.75) is 38.3 Å². The molecule has 1 aromatic carbocycles. The highest BCUT2D eigenvalue weighted by atomic mass is 16.1. The quantitative estimate of drug-likeness (QED) is 0.927. The first-order chi connectivity index (χ1) is 9.79. The average Bonchev–Trinajstić information content (AvgIpc) is 2.94. The van der Waals surface area contributed by atoms with E-state index >= 15 is 0 Å². The maximum absolute atomic E-state index is 12.4. The molecule has 0 saturated heterocycles. The van der Waals surface area contributed by atoms with E-state index in [4.69, 9.17) is 0 Å². The summed E-state index contributed by atoms with van der Waals surface area (Å²) in [5, 5.41) is 9.37. The molecule has 0 radical (unpaired) electrons. The summed E-state index contributed by atoms with van der Waals surface area (Å²) in [5.41, 5.74) is 0.0297. The van der Waals surface area contributed by atoms with E-state index in [2.05, 4.69) is 10.4 Å². The van der Waals surface area contributed by atoms with Crippen molar-refractivity contribution in [1.29, 1.82) is 0 Å². The van der Waals surface area contributed by atoms with Crippen LogP contribution in [0, 0.1) is 5.92 Å². The molecule has 20 heavy (non-hydrogen) atoms. The third-order valence-electron chi connectivity index (χ3n) is 4.50. The highest BCUT2D eigenvalue weighted by molar-refractivity contribution is 5.80. The topological polar surface area (TPSA) is 46.9 Å². The van der Waals surface area contributed by atoms with Crippen molar-refractivity contribution in [3.63, 3.8) is 0 Å². The Morgan fingerprint density at radius 2 is 2.20 bits per heavy atom. The number of aryl methyl sites for hydroxylation is 1. The van der Waals surface area contributed by atoms with Crippen LogP contribution in [0.3, 0.4) is 0 Å². The third-order valence-corrected chi connectivity index (χ3v) is 4.50. The summed E-state index contributed by atoms with van der Waals surface area (Å²) in [6.07, 6.45) is 6.61. The van der Waals surface area contributed by atoms with E-state index in [1.807, 2.05) is 31.3 Å². The number of benzene rings is 1. The molecule has 3 rings (SSSR count). The predicted molar refractivity (Wildman–Crippen MR) is 80.8 cm³/mol. The minimum absolute atomic E-state index is 0.0297. The molecule has 106 valence electrons. The molecule has 0 bridgehead atoms. The van der Waals surface area contributed by atoms with Crippen LogP contribution in [-0.4, -0.2) is 22.9 Å². The lowest BCUT2D eigenvalue weighted by atomic mass is 10.00. The number of nitrogens with zero attached hydrogens (tertiary/aromatic N) is 2. The number of hydrogen-bond acceptors (Lipinski definition) is 3. The Kier molecular flexibility index (Phi) is 3.83. The first-order valence-electron chi connectivity index (χ1n) is 7.41. The third kappa shape index (κ3) is 2.48. The molecule has 4 heteroatoms. The summed E-state index contributed by atoms with van der Waals surface area (Å²) in [4.78, 5) is 12.4. The van der Waals surface area contributed by atoms with E-state index in [1.165, 1.54) is 19.3 Å². The summed E-state index contributed by atoms with van der Waals surface area (Å²) >= 11 is 0. The fourth-order valence-electron chi connectivity index (χ4n) is 3.34. The molecule has 1 aliphatic rings. The van der Waals surface area contributed by atoms with Crippen molar-refractivity contribution in [2.75, 3.05) is 7.05 Å². The van der Waals surface area contributed by atoms with Crippen molar-refractivity contribution >= 4 is 10.8 Å². The van der Waals surface area contributed by atoms with Gasteiger partial charge in [0.25, 0.3) is 5.56 Å². The van der Waals surface area contributed by atoms with E-state index in [9.17, 15) is 4.79 Å². The van der Waals surface area contributed by atoms with Crippen LogP contribution >= 0.6 is 0 Å². The zero-order valence-electron chi connectivity index (χ0n) is 11.9. The number of fused-ring (bicyclic) bond motifs is 1. The van der Waals surface area contributed by atoms with Crippen LogP contribution in [0.2, 0.25) is 0 Å². The van der Waals surface area contributed by atoms with Crippen molar-refractivity contribution < 1.29 is 0 Å². The second-order valence-corrected chi connectivity index (χ2v) is 5.63. The Morgan fingerprint density at radius 1 is 1.35 bits per heavy atom. The van der Waals surface area contributed by atoms with E-state index in [0.717, 1.165) is 17.2 Å². The Morgan fingerprint density at radius 3 is 3.05 bits per heavy atom. The van der Waals surface area contributed by atoms with Gasteiger partial charge in [0.15, 0.2) is 0 Å². The molecule has 1 saturated carbocycles. The van der Waals surface area contributed by atoms with Crippen molar-refractivity contribution in [3.05, 3.63) is 40.8 Å². The first-order valence-corrected chi connectivity index (χ1v) is 7.41. The molecule has 1 heterocycles. The van der Waals surface area contributed by atoms with Crippen molar-refractivity contribution in [1.82, 2.24) is 15.1 Å². The van der Waals surface area contributed by atoms with Crippen LogP contribution in [0.1, 0.15) is 25.7 Å². The van der Waals surface area contributed by atoms with Crippen LogP contribution < -0.4 is 10.9 Å². The van der Waals surface area contributed by atoms with Crippen LogP contribution in [0.4, 0.5) is 0 Å². The smallest absolute Gasteiger partial charge is 0.274 e. The molecular formula is C16H21N3O. The van der Waals surface area contributed by atoms with Gasteiger partial charge in [-0.05, 0) is 38.3 Å². The fraction of sp³-hybridized carbons (Fsp3) is 0.500. The van der Waals surface area contributed by atoms with Gasteiger partial charge in [-0.15, -0.1) is 0 Å². The fourth-order valence-corrected chi connectivity index (χ4v) is 3.34. The monoisotopic (exact) mass is 271 g/mol. The zero-order valence-corrected chi connectivity index (χ0v) is 11.9. The minimum atomic E-state index is 0.0297. The molecule has 0 spiro atoms. The molecule has 1 aromatic heterocycles. The predicted octanol–water partition coefficient (Wildman–Crippen LogP) is 2.17. The van der Waals surface area contributed by atoms with Gasteiger partial charge in [-0.2, -0.15) is 5.10 Å². The molecule has 2 unspecified atom stereocenters. The number of nitrogens with one attached hydrogen (secondary N) is 1. The molecule has 2 aromatic rings. The van der Waals surface area contributed by atoms with E-state index in [0.29, 0.717) is 18.5 Å². The van der Waals surface area contributed by atoms with Gasteiger partial charge in [0.2, 0.25) is 0 Å². The maximum Gasteiger partial charge on any atom is 0.274 e. The number of hydrogen-bond donors (Lipinski definition) is 1. The summed E-state index contributed by atoms with van der Waals surface area (Å²) in [5.74, 6) is 0.667. The summed E-state index contributed by atoms with van der Waals surface area (Å²) in [6.45, 7) is 0.715. The first kappa shape index (κ1) is 13.3. The highest BCUT2D eigenvalue weighted by Gasteiger charge is 2.25. The SMILES string of the molecule is CNC1CCCC1CCn1ncc2ccccc2c1=O. The molecule has 2 atom stereocenters. The van der Waals surface area contributed by atoms with Crippen molar-refractivity contribution in [3.8, 4) is 0 Å². The highest BCUT2D eigenvalue weighted by Crippen LogP contribution is 2.28. The van der Waals surface area contributed by atoms with Gasteiger partial charge < -0.3 is 5.32 Å². The van der Waals surface area contributed by atoms with E-state index in [1.54, 1.807) is 10.9 Å². The number of aromatic nitrogens is 2. The molecule has 4 nitrogen and oxygen atoms in total. The Labute approximate surface area is 118 Å². The van der Waals surface area contributed by atoms with Crippen LogP contribution in [0.5, 0.6) is 0 Å². The molecular weight excluding hydrogens is 250 g/mol. The Hall–Kier alpha value is -1.68. The molecule has 1 fully saturated rings. The van der Waals surface area contributed by atoms with Gasteiger partial charge >= 0.3 is 0 Å². The lowest BCUT2D eigenvalue weighted by molar-refractivity contribution is 0.365. The standard InChI is InChI=1S/C16H21N3O/c1-17-15-8-4-6-12(15)9-10-19-16(20)14-7-3-2-5-13(14)11-18-19/h2-3,5,7,11-12,15,17H,4,6,8-10H2,1H3. The van der Waals surface area contributed by atoms with Crippen molar-refractivity contribution in [2.24, 2.45) is 5.92 Å². The molecule has 0 amide bonds. The van der Waals surface area contributed by atoms with E-state index in [-0.39, 0.29) is 5.56 Å². The summed E-state index contributed by atoms with van der Waals surface area (Å²) in [7, 11) is 2.03. The summed E-state index contributed by atoms with van der Waals surface area (Å²) in [6, 6.07) is 8.25. The van der Waals surface area contributed by atoms with Crippen LogP contribution in [0.25, 0.3) is 10.8 Å². The molecule has 1 N–H and O–H groups in total. The lowest BCUT2D eigenvalue weighted by Crippen LogP contribution is -2.31. The largest absolute Gasteiger partial charge is 0.317 e. The second kappa shape index (κ2) is 5.75. The van der Waals surface area contributed by atoms with Gasteiger partial charge in [-0.3, -0.25) is 4.79 Å². The second-order valence-electron chi connectivity index (χ2n) is 5.63. The normalized spacial score (nSPS) is 22.4. The maximum atomic E-state index is 12.4. The van der Waals surface area contributed by atoms with E-state index < -0.39 is 0 Å². The Balaban J connectivity index is 1.78.